The largest absolute Gasteiger partial charge is 0.416 e. The van der Waals surface area contributed by atoms with E-state index in [1.807, 2.05) is 11.0 Å². The maximum Gasteiger partial charge on any atom is 0.416 e. The van der Waals surface area contributed by atoms with Crippen LogP contribution >= 0.6 is 0 Å². The maximum atomic E-state index is 12.8. The number of amides is 1. The molecule has 3 heterocycles. The van der Waals surface area contributed by atoms with Crippen LogP contribution in [0.5, 0.6) is 0 Å². The highest BCUT2D eigenvalue weighted by Gasteiger charge is 2.32. The van der Waals surface area contributed by atoms with Gasteiger partial charge >= 0.3 is 6.18 Å². The van der Waals surface area contributed by atoms with E-state index in [4.69, 9.17) is 0 Å². The Kier molecular flexibility index (Phi) is 3.98. The molecular weight excluding hydrogens is 377 g/mol. The van der Waals surface area contributed by atoms with Gasteiger partial charge < -0.3 is 4.90 Å². The van der Waals surface area contributed by atoms with E-state index < -0.39 is 11.7 Å². The Bertz CT molecular complexity index is 1120. The zero-order valence-electron chi connectivity index (χ0n) is 15.5. The minimum absolute atomic E-state index is 0.190. The number of benzene rings is 2. The summed E-state index contributed by atoms with van der Waals surface area (Å²) in [6, 6.07) is 11.3. The lowest BCUT2D eigenvalue weighted by Gasteiger charge is -2.25. The molecule has 3 nitrogen and oxygen atoms in total. The van der Waals surface area contributed by atoms with Gasteiger partial charge in [-0.25, -0.2) is 0 Å². The maximum absolute atomic E-state index is 12.8. The SMILES string of the molecule is O=C1CCc2cc(-c3cncc(-c4ccc(C(F)(F)F)cc4)c3)cc3c2N1CC3. The second kappa shape index (κ2) is 6.44. The molecule has 1 amide bonds. The molecule has 0 saturated carbocycles. The van der Waals surface area contributed by atoms with Gasteiger partial charge in [-0.1, -0.05) is 12.1 Å². The van der Waals surface area contributed by atoms with E-state index in [1.54, 1.807) is 12.4 Å². The number of alkyl halides is 3. The zero-order chi connectivity index (χ0) is 20.2. The van der Waals surface area contributed by atoms with Crippen molar-refractivity contribution in [2.45, 2.75) is 25.4 Å². The summed E-state index contributed by atoms with van der Waals surface area (Å²) in [5.74, 6) is 0.190. The standard InChI is InChI=1S/C23H17F3N2O/c24-23(25,26)20-4-1-14(2-5-20)18-11-19(13-27-12-18)17-9-15-3-6-21(29)28-8-7-16(10-17)22(15)28/h1-2,4-5,9-13H,3,6-8H2. The average molecular weight is 394 g/mol. The summed E-state index contributed by atoms with van der Waals surface area (Å²) < 4.78 is 38.4. The second-order valence-electron chi connectivity index (χ2n) is 7.48. The Labute approximate surface area is 165 Å². The molecule has 0 radical (unpaired) electrons. The van der Waals surface area contributed by atoms with E-state index in [2.05, 4.69) is 17.1 Å². The smallest absolute Gasteiger partial charge is 0.312 e. The Balaban J connectivity index is 1.52. The number of pyridine rings is 1. The van der Waals surface area contributed by atoms with Crippen LogP contribution in [0.1, 0.15) is 23.1 Å². The van der Waals surface area contributed by atoms with E-state index in [0.29, 0.717) is 12.0 Å². The van der Waals surface area contributed by atoms with Gasteiger partial charge in [-0.15, -0.1) is 0 Å². The minimum atomic E-state index is -4.35. The van der Waals surface area contributed by atoms with Crippen LogP contribution in [0.3, 0.4) is 0 Å². The number of aryl methyl sites for hydroxylation is 1. The normalized spacial score (nSPS) is 15.6. The summed E-state index contributed by atoms with van der Waals surface area (Å²) >= 11 is 0. The van der Waals surface area contributed by atoms with Crippen LogP contribution in [0.2, 0.25) is 0 Å². The number of hydrogen-bond donors (Lipinski definition) is 0. The monoisotopic (exact) mass is 394 g/mol. The van der Waals surface area contributed by atoms with Crippen LogP contribution in [0.4, 0.5) is 18.9 Å². The van der Waals surface area contributed by atoms with Crippen molar-refractivity contribution in [2.24, 2.45) is 0 Å². The van der Waals surface area contributed by atoms with Crippen LogP contribution in [0.25, 0.3) is 22.3 Å². The van der Waals surface area contributed by atoms with Crippen LogP contribution < -0.4 is 4.90 Å². The minimum Gasteiger partial charge on any atom is -0.312 e. The van der Waals surface area contributed by atoms with Gasteiger partial charge in [-0.3, -0.25) is 9.78 Å². The third-order valence-electron chi connectivity index (χ3n) is 5.67. The molecule has 0 saturated heterocycles. The van der Waals surface area contributed by atoms with Gasteiger partial charge in [-0.05, 0) is 65.4 Å². The van der Waals surface area contributed by atoms with Crippen molar-refractivity contribution in [1.82, 2.24) is 4.98 Å². The van der Waals surface area contributed by atoms with E-state index in [1.165, 1.54) is 23.3 Å². The summed E-state index contributed by atoms with van der Waals surface area (Å²) in [6.07, 6.45) is 1.18. The highest BCUT2D eigenvalue weighted by atomic mass is 19.4. The number of aromatic nitrogens is 1. The van der Waals surface area contributed by atoms with E-state index in [-0.39, 0.29) is 5.91 Å². The third-order valence-corrected chi connectivity index (χ3v) is 5.67. The second-order valence-corrected chi connectivity index (χ2v) is 7.48. The molecule has 0 N–H and O–H groups in total. The van der Waals surface area contributed by atoms with Crippen molar-refractivity contribution in [3.8, 4) is 22.3 Å². The summed E-state index contributed by atoms with van der Waals surface area (Å²) in [6.45, 7) is 0.731. The Morgan fingerprint density at radius 2 is 1.45 bits per heavy atom. The molecule has 2 aromatic carbocycles. The zero-order valence-corrected chi connectivity index (χ0v) is 15.5. The van der Waals surface area contributed by atoms with E-state index in [0.717, 1.165) is 53.9 Å². The fraction of sp³-hybridized carbons (Fsp3) is 0.217. The van der Waals surface area contributed by atoms with Crippen molar-refractivity contribution in [1.29, 1.82) is 0 Å². The van der Waals surface area contributed by atoms with E-state index in [9.17, 15) is 18.0 Å². The predicted octanol–water partition coefficient (Wildman–Crippen LogP) is 5.27. The molecular formula is C23H17F3N2O. The lowest BCUT2D eigenvalue weighted by molar-refractivity contribution is -0.137. The highest BCUT2D eigenvalue weighted by Crippen LogP contribution is 2.40. The number of hydrogen-bond acceptors (Lipinski definition) is 2. The molecule has 0 spiro atoms. The Morgan fingerprint density at radius 1 is 0.793 bits per heavy atom. The first-order valence-corrected chi connectivity index (χ1v) is 9.49. The Morgan fingerprint density at radius 3 is 2.14 bits per heavy atom. The van der Waals surface area contributed by atoms with Gasteiger partial charge in [0.15, 0.2) is 0 Å². The molecule has 2 aliphatic rings. The van der Waals surface area contributed by atoms with Gasteiger partial charge in [0.1, 0.15) is 0 Å². The van der Waals surface area contributed by atoms with Gasteiger partial charge in [0, 0.05) is 36.5 Å². The molecule has 0 atom stereocenters. The fourth-order valence-electron chi connectivity index (χ4n) is 4.23. The van der Waals surface area contributed by atoms with Crippen LogP contribution in [0, 0.1) is 0 Å². The predicted molar refractivity (Wildman–Crippen MR) is 104 cm³/mol. The number of nitrogens with zero attached hydrogens (tertiary/aromatic N) is 2. The van der Waals surface area contributed by atoms with Crippen molar-refractivity contribution >= 4 is 11.6 Å². The van der Waals surface area contributed by atoms with Crippen LogP contribution in [-0.4, -0.2) is 17.4 Å². The number of rotatable bonds is 2. The van der Waals surface area contributed by atoms with Crippen molar-refractivity contribution in [2.75, 3.05) is 11.4 Å². The van der Waals surface area contributed by atoms with Gasteiger partial charge in [0.25, 0.3) is 0 Å². The summed E-state index contributed by atoms with van der Waals surface area (Å²) in [5.41, 5.74) is 6.14. The summed E-state index contributed by atoms with van der Waals surface area (Å²) in [5, 5.41) is 0. The highest BCUT2D eigenvalue weighted by molar-refractivity contribution is 5.99. The quantitative estimate of drug-likeness (QED) is 0.593. The summed E-state index contributed by atoms with van der Waals surface area (Å²) in [4.78, 5) is 18.3. The van der Waals surface area contributed by atoms with Gasteiger partial charge in [-0.2, -0.15) is 13.2 Å². The average Bonchev–Trinajstić information content (AvgIpc) is 3.16. The fourth-order valence-corrected chi connectivity index (χ4v) is 4.23. The molecule has 0 bridgehead atoms. The lowest BCUT2D eigenvalue weighted by Crippen LogP contribution is -2.32. The molecule has 0 aliphatic carbocycles. The Hall–Kier alpha value is -3.15. The molecule has 0 unspecified atom stereocenters. The lowest BCUT2D eigenvalue weighted by atomic mass is 9.93. The van der Waals surface area contributed by atoms with E-state index >= 15 is 0 Å². The van der Waals surface area contributed by atoms with Crippen LogP contribution in [-0.2, 0) is 23.8 Å². The first-order chi connectivity index (χ1) is 13.9. The molecule has 0 fully saturated rings. The third kappa shape index (κ3) is 3.09. The molecule has 1 aromatic heterocycles. The molecule has 146 valence electrons. The van der Waals surface area contributed by atoms with Crippen molar-refractivity contribution in [3.05, 3.63) is 71.5 Å². The molecule has 29 heavy (non-hydrogen) atoms. The molecule has 5 rings (SSSR count). The van der Waals surface area contributed by atoms with Gasteiger partial charge in [0.05, 0.1) is 11.3 Å². The topological polar surface area (TPSA) is 33.2 Å². The number of carbonyl (C=O) groups is 1. The number of carbonyl (C=O) groups excluding carboxylic acids is 1. The van der Waals surface area contributed by atoms with Gasteiger partial charge in [0.2, 0.25) is 5.91 Å². The summed E-state index contributed by atoms with van der Waals surface area (Å²) in [7, 11) is 0. The molecule has 6 heteroatoms. The van der Waals surface area contributed by atoms with Crippen LogP contribution in [0.15, 0.2) is 54.9 Å². The molecule has 2 aliphatic heterocycles. The first kappa shape index (κ1) is 17.9. The molecule has 3 aromatic rings. The number of halogens is 3. The van der Waals surface area contributed by atoms with Crippen molar-refractivity contribution < 1.29 is 18.0 Å². The van der Waals surface area contributed by atoms with Crippen molar-refractivity contribution in [3.63, 3.8) is 0 Å². The number of anilines is 1. The first-order valence-electron chi connectivity index (χ1n) is 9.49.